The highest BCUT2D eigenvalue weighted by Gasteiger charge is 2.13. The van der Waals surface area contributed by atoms with E-state index in [0.717, 1.165) is 16.9 Å². The van der Waals surface area contributed by atoms with E-state index in [2.05, 4.69) is 9.46 Å². The minimum atomic E-state index is -3.47. The van der Waals surface area contributed by atoms with Gasteiger partial charge in [0.05, 0.1) is 0 Å². The van der Waals surface area contributed by atoms with Crippen molar-refractivity contribution in [2.45, 2.75) is 17.2 Å². The smallest absolute Gasteiger partial charge is 0.387 e. The second-order valence-electron chi connectivity index (χ2n) is 4.10. The van der Waals surface area contributed by atoms with Gasteiger partial charge >= 0.3 is 6.61 Å². The van der Waals surface area contributed by atoms with Gasteiger partial charge in [-0.25, -0.2) is 13.1 Å². The maximum atomic E-state index is 12.0. The first kappa shape index (κ1) is 15.9. The van der Waals surface area contributed by atoms with Crippen LogP contribution in [0.5, 0.6) is 5.75 Å². The lowest BCUT2D eigenvalue weighted by Gasteiger charge is -2.07. The minimum absolute atomic E-state index is 0.0768. The molecule has 0 aliphatic rings. The van der Waals surface area contributed by atoms with E-state index in [4.69, 9.17) is 0 Å². The molecular weight excluding hydrogens is 320 g/mol. The Bertz CT molecular complexity index is 655. The van der Waals surface area contributed by atoms with Crippen LogP contribution in [0.1, 0.15) is 5.56 Å². The first-order valence-corrected chi connectivity index (χ1v) is 8.40. The first-order valence-electron chi connectivity index (χ1n) is 6.04. The van der Waals surface area contributed by atoms with Crippen molar-refractivity contribution in [1.29, 1.82) is 0 Å². The first-order chi connectivity index (χ1) is 9.97. The van der Waals surface area contributed by atoms with Crippen molar-refractivity contribution in [2.24, 2.45) is 0 Å². The molecule has 0 aliphatic heterocycles. The van der Waals surface area contributed by atoms with Gasteiger partial charge in [-0.15, -0.1) is 11.3 Å². The summed E-state index contributed by atoms with van der Waals surface area (Å²) < 4.78 is 54.7. The van der Waals surface area contributed by atoms with E-state index in [9.17, 15) is 17.2 Å². The topological polar surface area (TPSA) is 55.4 Å². The number of thiophene rings is 1. The Labute approximate surface area is 125 Å². The third-order valence-corrected chi connectivity index (χ3v) is 5.47. The zero-order valence-electron chi connectivity index (χ0n) is 10.8. The Morgan fingerprint density at radius 2 is 1.90 bits per heavy atom. The lowest BCUT2D eigenvalue weighted by molar-refractivity contribution is -0.0498. The number of rotatable bonds is 7. The molecule has 4 nitrogen and oxygen atoms in total. The van der Waals surface area contributed by atoms with E-state index in [1.54, 1.807) is 23.6 Å². The lowest BCUT2D eigenvalue weighted by Crippen LogP contribution is -2.25. The summed E-state index contributed by atoms with van der Waals surface area (Å²) in [6, 6.07) is 9.29. The molecule has 0 spiro atoms. The Kier molecular flexibility index (Phi) is 5.27. The molecule has 0 fully saturated rings. The molecule has 0 aliphatic carbocycles. The zero-order valence-corrected chi connectivity index (χ0v) is 12.5. The Balaban J connectivity index is 1.86. The van der Waals surface area contributed by atoms with Crippen LogP contribution in [0.2, 0.25) is 0 Å². The molecule has 0 saturated heterocycles. The van der Waals surface area contributed by atoms with Gasteiger partial charge in [-0.05, 0) is 35.6 Å². The van der Waals surface area contributed by atoms with Crippen LogP contribution in [-0.2, 0) is 16.4 Å². The molecule has 2 aromatic rings. The fourth-order valence-electron chi connectivity index (χ4n) is 1.65. The summed E-state index contributed by atoms with van der Waals surface area (Å²) in [4.78, 5) is 0. The molecule has 114 valence electrons. The van der Waals surface area contributed by atoms with E-state index in [-0.39, 0.29) is 16.5 Å². The van der Waals surface area contributed by atoms with Crippen LogP contribution in [0, 0.1) is 0 Å². The van der Waals surface area contributed by atoms with Gasteiger partial charge in [-0.1, -0.05) is 18.2 Å². The number of hydrogen-bond acceptors (Lipinski definition) is 4. The van der Waals surface area contributed by atoms with Crippen LogP contribution < -0.4 is 9.46 Å². The highest BCUT2D eigenvalue weighted by molar-refractivity contribution is 7.91. The third kappa shape index (κ3) is 4.76. The van der Waals surface area contributed by atoms with Crippen LogP contribution in [0.15, 0.2) is 46.0 Å². The van der Waals surface area contributed by atoms with Gasteiger partial charge in [-0.2, -0.15) is 8.78 Å². The SMILES string of the molecule is O=S(=O)(NCCc1ccc(OC(F)F)cc1)c1cccs1. The molecule has 0 atom stereocenters. The predicted octanol–water partition coefficient (Wildman–Crippen LogP) is 2.87. The van der Waals surface area contributed by atoms with E-state index >= 15 is 0 Å². The molecule has 1 heterocycles. The molecule has 1 N–H and O–H groups in total. The van der Waals surface area contributed by atoms with Crippen molar-refractivity contribution in [3.63, 3.8) is 0 Å². The van der Waals surface area contributed by atoms with Crippen molar-refractivity contribution >= 4 is 21.4 Å². The number of hydrogen-bond donors (Lipinski definition) is 1. The van der Waals surface area contributed by atoms with E-state index in [0.29, 0.717) is 6.42 Å². The monoisotopic (exact) mass is 333 g/mol. The largest absolute Gasteiger partial charge is 0.435 e. The van der Waals surface area contributed by atoms with Crippen molar-refractivity contribution < 1.29 is 21.9 Å². The number of ether oxygens (including phenoxy) is 1. The average Bonchev–Trinajstić information content (AvgIpc) is 2.95. The second kappa shape index (κ2) is 6.97. The van der Waals surface area contributed by atoms with Crippen LogP contribution in [0.4, 0.5) is 8.78 Å². The molecular formula is C13H13F2NO3S2. The normalized spacial score (nSPS) is 11.8. The Hall–Kier alpha value is -1.51. The van der Waals surface area contributed by atoms with Crippen molar-refractivity contribution in [1.82, 2.24) is 4.72 Å². The predicted molar refractivity (Wildman–Crippen MR) is 76.3 cm³/mol. The number of alkyl halides is 2. The van der Waals surface area contributed by atoms with Crippen molar-refractivity contribution in [3.05, 3.63) is 47.3 Å². The number of sulfonamides is 1. The van der Waals surface area contributed by atoms with Crippen LogP contribution >= 0.6 is 11.3 Å². The lowest BCUT2D eigenvalue weighted by atomic mass is 10.1. The van der Waals surface area contributed by atoms with E-state index < -0.39 is 16.6 Å². The Morgan fingerprint density at radius 1 is 1.19 bits per heavy atom. The van der Waals surface area contributed by atoms with Gasteiger partial charge in [0.2, 0.25) is 10.0 Å². The zero-order chi connectivity index (χ0) is 15.3. The molecule has 0 saturated carbocycles. The standard InChI is InChI=1S/C13H13F2NO3S2/c14-13(15)19-11-5-3-10(4-6-11)7-8-16-21(17,18)12-2-1-9-20-12/h1-6,9,13,16H,7-8H2. The van der Waals surface area contributed by atoms with Crippen LogP contribution in [-0.4, -0.2) is 21.6 Å². The maximum Gasteiger partial charge on any atom is 0.387 e. The molecule has 0 amide bonds. The Morgan fingerprint density at radius 3 is 2.48 bits per heavy atom. The summed E-state index contributed by atoms with van der Waals surface area (Å²) in [7, 11) is -3.47. The molecule has 1 aromatic carbocycles. The average molecular weight is 333 g/mol. The summed E-state index contributed by atoms with van der Waals surface area (Å²) in [6.07, 6.45) is 0.458. The van der Waals surface area contributed by atoms with Crippen LogP contribution in [0.3, 0.4) is 0 Å². The molecule has 0 bridgehead atoms. The summed E-state index contributed by atoms with van der Waals surface area (Å²) >= 11 is 1.15. The van der Waals surface area contributed by atoms with E-state index in [1.807, 2.05) is 0 Å². The molecule has 8 heteroatoms. The van der Waals surface area contributed by atoms with Gasteiger partial charge in [0.1, 0.15) is 9.96 Å². The summed E-state index contributed by atoms with van der Waals surface area (Å²) in [5, 5.41) is 1.69. The van der Waals surface area contributed by atoms with Gasteiger partial charge in [0.25, 0.3) is 0 Å². The second-order valence-corrected chi connectivity index (χ2v) is 7.04. The van der Waals surface area contributed by atoms with Crippen molar-refractivity contribution in [3.8, 4) is 5.75 Å². The van der Waals surface area contributed by atoms with Gasteiger partial charge in [0, 0.05) is 6.54 Å². The van der Waals surface area contributed by atoms with E-state index in [1.165, 1.54) is 18.2 Å². The minimum Gasteiger partial charge on any atom is -0.435 e. The molecule has 1 aromatic heterocycles. The quantitative estimate of drug-likeness (QED) is 0.848. The van der Waals surface area contributed by atoms with Gasteiger partial charge in [-0.3, -0.25) is 0 Å². The highest BCUT2D eigenvalue weighted by atomic mass is 32.2. The maximum absolute atomic E-state index is 12.0. The molecule has 0 radical (unpaired) electrons. The number of nitrogens with one attached hydrogen (secondary N) is 1. The third-order valence-electron chi connectivity index (χ3n) is 2.61. The molecule has 2 rings (SSSR count). The molecule has 21 heavy (non-hydrogen) atoms. The summed E-state index contributed by atoms with van der Waals surface area (Å²) in [5.74, 6) is 0.0768. The van der Waals surface area contributed by atoms with Crippen molar-refractivity contribution in [2.75, 3.05) is 6.54 Å². The number of benzene rings is 1. The molecule has 0 unspecified atom stereocenters. The number of halogens is 2. The fraction of sp³-hybridized carbons (Fsp3) is 0.231. The summed E-state index contributed by atoms with van der Waals surface area (Å²) in [5.41, 5.74) is 0.825. The summed E-state index contributed by atoms with van der Waals surface area (Å²) in [6.45, 7) is -2.62. The van der Waals surface area contributed by atoms with Crippen LogP contribution in [0.25, 0.3) is 0 Å². The van der Waals surface area contributed by atoms with Gasteiger partial charge < -0.3 is 4.74 Å². The highest BCUT2D eigenvalue weighted by Crippen LogP contribution is 2.16. The van der Waals surface area contributed by atoms with Gasteiger partial charge in [0.15, 0.2) is 0 Å². The fourth-order valence-corrected chi connectivity index (χ4v) is 3.72.